The van der Waals surface area contributed by atoms with Crippen LogP contribution in [0.3, 0.4) is 0 Å². The lowest BCUT2D eigenvalue weighted by Crippen LogP contribution is -2.41. The second-order valence-corrected chi connectivity index (χ2v) is 7.12. The third-order valence-corrected chi connectivity index (χ3v) is 4.77. The minimum Gasteiger partial charge on any atom is -0.399 e. The van der Waals surface area contributed by atoms with E-state index in [9.17, 15) is 0 Å². The predicted octanol–water partition coefficient (Wildman–Crippen LogP) is 4.58. The third kappa shape index (κ3) is 3.82. The van der Waals surface area contributed by atoms with Crippen LogP contribution in [0.15, 0.2) is 30.3 Å². The predicted molar refractivity (Wildman–Crippen MR) is 95.3 cm³/mol. The SMILES string of the molecule is CCCCC/C=C\c1ccccc1B1OC(C)(C)C(C)(C)O1. The van der Waals surface area contributed by atoms with Crippen LogP contribution in [-0.4, -0.2) is 18.3 Å². The normalized spacial score (nSPS) is 20.0. The molecule has 0 saturated carbocycles. The Bertz CT molecular complexity index is 504. The first-order valence-corrected chi connectivity index (χ1v) is 8.48. The molecule has 0 amide bonds. The topological polar surface area (TPSA) is 18.5 Å². The number of rotatable bonds is 6. The molecule has 0 atom stereocenters. The number of unbranched alkanes of at least 4 members (excludes halogenated alkanes) is 3. The first-order valence-electron chi connectivity index (χ1n) is 8.48. The van der Waals surface area contributed by atoms with E-state index in [1.807, 2.05) is 0 Å². The van der Waals surface area contributed by atoms with Crippen molar-refractivity contribution in [3.05, 3.63) is 35.9 Å². The number of benzene rings is 1. The van der Waals surface area contributed by atoms with Gasteiger partial charge < -0.3 is 9.31 Å². The molecule has 2 rings (SSSR count). The molecule has 0 bridgehead atoms. The lowest BCUT2D eigenvalue weighted by molar-refractivity contribution is 0.00578. The van der Waals surface area contributed by atoms with E-state index in [0.29, 0.717) is 0 Å². The Kier molecular flexibility index (Phi) is 5.52. The molecule has 0 radical (unpaired) electrons. The Morgan fingerprint density at radius 1 is 1.00 bits per heavy atom. The lowest BCUT2D eigenvalue weighted by Gasteiger charge is -2.32. The fourth-order valence-electron chi connectivity index (χ4n) is 2.57. The van der Waals surface area contributed by atoms with Crippen LogP contribution >= 0.6 is 0 Å². The molecule has 0 N–H and O–H groups in total. The monoisotopic (exact) mass is 300 g/mol. The van der Waals surface area contributed by atoms with Gasteiger partial charge in [0.1, 0.15) is 0 Å². The minimum absolute atomic E-state index is 0.290. The van der Waals surface area contributed by atoms with Crippen molar-refractivity contribution < 1.29 is 9.31 Å². The second-order valence-electron chi connectivity index (χ2n) is 7.12. The van der Waals surface area contributed by atoms with Crippen LogP contribution in [0, 0.1) is 0 Å². The van der Waals surface area contributed by atoms with Crippen molar-refractivity contribution >= 4 is 18.7 Å². The molecule has 3 heteroatoms. The van der Waals surface area contributed by atoms with E-state index < -0.39 is 0 Å². The zero-order chi connectivity index (χ0) is 16.2. The van der Waals surface area contributed by atoms with E-state index in [4.69, 9.17) is 9.31 Å². The summed E-state index contributed by atoms with van der Waals surface area (Å²) in [5, 5.41) is 0. The highest BCUT2D eigenvalue weighted by atomic mass is 16.7. The van der Waals surface area contributed by atoms with E-state index >= 15 is 0 Å². The Morgan fingerprint density at radius 2 is 1.64 bits per heavy atom. The first-order chi connectivity index (χ1) is 10.4. The van der Waals surface area contributed by atoms with Gasteiger partial charge in [-0.3, -0.25) is 0 Å². The Hall–Kier alpha value is -1.06. The number of allylic oxidation sites excluding steroid dienone is 1. The van der Waals surface area contributed by atoms with Gasteiger partial charge in [0.25, 0.3) is 0 Å². The van der Waals surface area contributed by atoms with Crippen LogP contribution in [0.4, 0.5) is 0 Å². The number of hydrogen-bond donors (Lipinski definition) is 0. The summed E-state index contributed by atoms with van der Waals surface area (Å²) in [5.41, 5.74) is 1.72. The average Bonchev–Trinajstić information content (AvgIpc) is 2.67. The van der Waals surface area contributed by atoms with Crippen molar-refractivity contribution in [2.24, 2.45) is 0 Å². The van der Waals surface area contributed by atoms with Gasteiger partial charge in [-0.25, -0.2) is 0 Å². The molecule has 0 aromatic heterocycles. The maximum absolute atomic E-state index is 6.18. The van der Waals surface area contributed by atoms with Gasteiger partial charge in [0.05, 0.1) is 11.2 Å². The van der Waals surface area contributed by atoms with Gasteiger partial charge in [-0.15, -0.1) is 0 Å². The van der Waals surface area contributed by atoms with Crippen LogP contribution in [0.25, 0.3) is 6.08 Å². The summed E-state index contributed by atoms with van der Waals surface area (Å²) in [4.78, 5) is 0. The van der Waals surface area contributed by atoms with Gasteiger partial charge in [0.15, 0.2) is 0 Å². The van der Waals surface area contributed by atoms with Gasteiger partial charge in [-0.05, 0) is 51.6 Å². The van der Waals surface area contributed by atoms with Crippen LogP contribution < -0.4 is 5.46 Å². The fraction of sp³-hybridized carbons (Fsp3) is 0.579. The van der Waals surface area contributed by atoms with Crippen molar-refractivity contribution in [1.82, 2.24) is 0 Å². The van der Waals surface area contributed by atoms with E-state index in [-0.39, 0.29) is 18.3 Å². The molecule has 1 aliphatic rings. The highest BCUT2D eigenvalue weighted by Crippen LogP contribution is 2.36. The van der Waals surface area contributed by atoms with Crippen LogP contribution in [-0.2, 0) is 9.31 Å². The van der Waals surface area contributed by atoms with Crippen LogP contribution in [0.2, 0.25) is 0 Å². The van der Waals surface area contributed by atoms with Gasteiger partial charge in [0.2, 0.25) is 0 Å². The van der Waals surface area contributed by atoms with Gasteiger partial charge in [0, 0.05) is 0 Å². The third-order valence-electron chi connectivity index (χ3n) is 4.77. The molecule has 22 heavy (non-hydrogen) atoms. The second kappa shape index (κ2) is 7.01. The van der Waals surface area contributed by atoms with E-state index in [2.05, 4.69) is 71.0 Å². The highest BCUT2D eigenvalue weighted by molar-refractivity contribution is 6.63. The Labute approximate surface area is 136 Å². The first kappa shape index (κ1) is 17.3. The summed E-state index contributed by atoms with van der Waals surface area (Å²) in [5.74, 6) is 0. The average molecular weight is 300 g/mol. The summed E-state index contributed by atoms with van der Waals surface area (Å²) >= 11 is 0. The maximum Gasteiger partial charge on any atom is 0.495 e. The molecular weight excluding hydrogens is 271 g/mol. The summed E-state index contributed by atoms with van der Waals surface area (Å²) in [6, 6.07) is 8.36. The molecule has 1 fully saturated rings. The molecule has 2 nitrogen and oxygen atoms in total. The lowest BCUT2D eigenvalue weighted by atomic mass is 9.76. The van der Waals surface area contributed by atoms with E-state index in [1.165, 1.54) is 24.8 Å². The molecule has 1 aromatic carbocycles. The molecule has 1 aliphatic heterocycles. The molecular formula is C19H29BO2. The van der Waals surface area contributed by atoms with Crippen molar-refractivity contribution in [2.45, 2.75) is 71.5 Å². The van der Waals surface area contributed by atoms with E-state index in [1.54, 1.807) is 0 Å². The molecule has 0 aliphatic carbocycles. The minimum atomic E-state index is -0.296. The Balaban J connectivity index is 2.13. The summed E-state index contributed by atoms with van der Waals surface area (Å²) < 4.78 is 12.4. The van der Waals surface area contributed by atoms with Gasteiger partial charge in [-0.1, -0.05) is 56.2 Å². The van der Waals surface area contributed by atoms with Crippen molar-refractivity contribution in [1.29, 1.82) is 0 Å². The quantitative estimate of drug-likeness (QED) is 0.565. The summed E-state index contributed by atoms with van der Waals surface area (Å²) in [6.45, 7) is 10.6. The van der Waals surface area contributed by atoms with Gasteiger partial charge in [-0.2, -0.15) is 0 Å². The zero-order valence-electron chi connectivity index (χ0n) is 14.7. The smallest absolute Gasteiger partial charge is 0.399 e. The molecule has 0 unspecified atom stereocenters. The molecule has 120 valence electrons. The largest absolute Gasteiger partial charge is 0.495 e. The standard InChI is InChI=1S/C19H29BO2/c1-6-7-8-9-10-13-16-14-11-12-15-17(16)20-21-18(2,3)19(4,5)22-20/h10-15H,6-9H2,1-5H3/b13-10-. The van der Waals surface area contributed by atoms with Crippen LogP contribution in [0.1, 0.15) is 65.9 Å². The number of hydrogen-bond acceptors (Lipinski definition) is 2. The van der Waals surface area contributed by atoms with Crippen molar-refractivity contribution in [2.75, 3.05) is 0 Å². The van der Waals surface area contributed by atoms with Crippen LogP contribution in [0.5, 0.6) is 0 Å². The molecule has 1 saturated heterocycles. The fourth-order valence-corrected chi connectivity index (χ4v) is 2.57. The maximum atomic E-state index is 6.18. The summed E-state index contributed by atoms with van der Waals surface area (Å²) in [7, 11) is -0.290. The van der Waals surface area contributed by atoms with E-state index in [0.717, 1.165) is 11.9 Å². The van der Waals surface area contributed by atoms with Crippen molar-refractivity contribution in [3.63, 3.8) is 0 Å². The molecule has 1 aromatic rings. The molecule has 1 heterocycles. The highest BCUT2D eigenvalue weighted by Gasteiger charge is 2.52. The summed E-state index contributed by atoms with van der Waals surface area (Å²) in [6.07, 6.45) is 9.41. The van der Waals surface area contributed by atoms with Gasteiger partial charge >= 0.3 is 7.12 Å². The Morgan fingerprint density at radius 3 is 2.27 bits per heavy atom. The van der Waals surface area contributed by atoms with Crippen molar-refractivity contribution in [3.8, 4) is 0 Å². The zero-order valence-corrected chi connectivity index (χ0v) is 14.7. The molecule has 0 spiro atoms.